The first-order valence-electron chi connectivity index (χ1n) is 6.74. The maximum atomic E-state index is 11.4. The molecule has 2 aromatic carbocycles. The number of hydrogen-bond donors (Lipinski definition) is 3. The lowest BCUT2D eigenvalue weighted by Crippen LogP contribution is -2.17. The van der Waals surface area contributed by atoms with E-state index in [0.717, 1.165) is 21.1 Å². The quantitative estimate of drug-likeness (QED) is 0.682. The van der Waals surface area contributed by atoms with Crippen LogP contribution < -0.4 is 11.0 Å². The second-order valence-electron chi connectivity index (χ2n) is 5.11. The fraction of sp³-hybridized carbons (Fsp3) is 0.188. The van der Waals surface area contributed by atoms with Crippen LogP contribution in [0.15, 0.2) is 45.7 Å². The molecule has 0 amide bonds. The van der Waals surface area contributed by atoms with Crippen molar-refractivity contribution in [1.82, 2.24) is 15.3 Å². The van der Waals surface area contributed by atoms with Crippen LogP contribution in [0.3, 0.4) is 0 Å². The van der Waals surface area contributed by atoms with Crippen molar-refractivity contribution in [3.8, 4) is 0 Å². The van der Waals surface area contributed by atoms with Crippen molar-refractivity contribution in [2.24, 2.45) is 0 Å². The third-order valence-electron chi connectivity index (χ3n) is 3.69. The second kappa shape index (κ2) is 5.50. The summed E-state index contributed by atoms with van der Waals surface area (Å²) in [6.45, 7) is 2.07. The number of benzene rings is 2. The van der Waals surface area contributed by atoms with Crippen molar-refractivity contribution in [3.05, 3.63) is 68.0 Å². The molecule has 3 N–H and O–H groups in total. The zero-order valence-corrected chi connectivity index (χ0v) is 13.4. The third-order valence-corrected chi connectivity index (χ3v) is 4.55. The van der Waals surface area contributed by atoms with E-state index in [1.165, 1.54) is 11.1 Å². The minimum absolute atomic E-state index is 0.0738. The minimum Gasteiger partial charge on any atom is -0.309 e. The molecule has 4 nitrogen and oxygen atoms in total. The maximum absolute atomic E-state index is 11.4. The van der Waals surface area contributed by atoms with Crippen LogP contribution in [-0.4, -0.2) is 17.0 Å². The molecule has 0 saturated heterocycles. The zero-order chi connectivity index (χ0) is 15.0. The highest BCUT2D eigenvalue weighted by atomic mass is 79.9. The first kappa shape index (κ1) is 14.1. The number of halogens is 1. The highest BCUT2D eigenvalue weighted by Gasteiger charge is 2.14. The minimum atomic E-state index is -0.179. The first-order valence-corrected chi connectivity index (χ1v) is 7.53. The molecule has 0 aliphatic carbocycles. The lowest BCUT2D eigenvalue weighted by atomic mass is 9.97. The Labute approximate surface area is 130 Å². The Morgan fingerprint density at radius 2 is 1.71 bits per heavy atom. The number of aromatic nitrogens is 2. The van der Waals surface area contributed by atoms with Gasteiger partial charge in [-0.25, -0.2) is 4.79 Å². The Balaban J connectivity index is 2.08. The first-order chi connectivity index (χ1) is 10.1. The molecule has 0 saturated carbocycles. The number of nitrogens with one attached hydrogen (secondary N) is 3. The molecule has 108 valence electrons. The largest absolute Gasteiger partial charge is 0.323 e. The molecule has 0 bridgehead atoms. The number of fused-ring (bicyclic) bond motifs is 1. The molecule has 3 rings (SSSR count). The van der Waals surface area contributed by atoms with E-state index in [4.69, 9.17) is 0 Å². The fourth-order valence-electron chi connectivity index (χ4n) is 2.54. The molecular formula is C16H16BrN3O. The van der Waals surface area contributed by atoms with Crippen molar-refractivity contribution in [2.75, 3.05) is 7.05 Å². The fourth-order valence-corrected chi connectivity index (χ4v) is 2.94. The lowest BCUT2D eigenvalue weighted by Gasteiger charge is -2.18. The highest BCUT2D eigenvalue weighted by Crippen LogP contribution is 2.27. The van der Waals surface area contributed by atoms with Crippen LogP contribution in [0.5, 0.6) is 0 Å². The van der Waals surface area contributed by atoms with Crippen LogP contribution in [0, 0.1) is 6.92 Å². The maximum Gasteiger partial charge on any atom is 0.323 e. The number of H-pyrrole nitrogens is 2. The van der Waals surface area contributed by atoms with E-state index in [1.807, 2.05) is 25.2 Å². The van der Waals surface area contributed by atoms with Gasteiger partial charge in [-0.05, 0) is 48.9 Å². The van der Waals surface area contributed by atoms with Crippen molar-refractivity contribution < 1.29 is 0 Å². The van der Waals surface area contributed by atoms with Gasteiger partial charge in [-0.2, -0.15) is 0 Å². The molecule has 0 radical (unpaired) electrons. The molecule has 0 fully saturated rings. The smallest absolute Gasteiger partial charge is 0.309 e. The Morgan fingerprint density at radius 3 is 2.43 bits per heavy atom. The average Bonchev–Trinajstić information content (AvgIpc) is 2.83. The predicted octanol–water partition coefficient (Wildman–Crippen LogP) is 3.24. The van der Waals surface area contributed by atoms with Gasteiger partial charge in [-0.15, -0.1) is 0 Å². The molecule has 1 unspecified atom stereocenters. The molecule has 0 aliphatic heterocycles. The summed E-state index contributed by atoms with van der Waals surface area (Å²) in [6, 6.07) is 12.4. The number of imidazole rings is 1. The van der Waals surface area contributed by atoms with Crippen molar-refractivity contribution in [3.63, 3.8) is 0 Å². The van der Waals surface area contributed by atoms with Crippen LogP contribution in [0.2, 0.25) is 0 Å². The SMILES string of the molecule is CNC(c1ccc(C)c(Br)c1)c1ccc2[nH]c(=O)[nH]c2c1. The molecule has 21 heavy (non-hydrogen) atoms. The molecule has 1 aromatic heterocycles. The van der Waals surface area contributed by atoms with Gasteiger partial charge in [0.2, 0.25) is 0 Å². The third kappa shape index (κ3) is 2.66. The normalized spacial score (nSPS) is 12.7. The molecular weight excluding hydrogens is 330 g/mol. The van der Waals surface area contributed by atoms with Gasteiger partial charge >= 0.3 is 5.69 Å². The van der Waals surface area contributed by atoms with Crippen LogP contribution in [0.1, 0.15) is 22.7 Å². The Hall–Kier alpha value is -1.85. The van der Waals surface area contributed by atoms with Crippen LogP contribution in [0.25, 0.3) is 11.0 Å². The average molecular weight is 346 g/mol. The monoisotopic (exact) mass is 345 g/mol. The number of hydrogen-bond acceptors (Lipinski definition) is 2. The second-order valence-corrected chi connectivity index (χ2v) is 5.97. The van der Waals surface area contributed by atoms with Gasteiger partial charge in [0.15, 0.2) is 0 Å². The van der Waals surface area contributed by atoms with Crippen molar-refractivity contribution in [2.45, 2.75) is 13.0 Å². The van der Waals surface area contributed by atoms with E-state index < -0.39 is 0 Å². The van der Waals surface area contributed by atoms with E-state index in [-0.39, 0.29) is 11.7 Å². The predicted molar refractivity (Wildman–Crippen MR) is 88.7 cm³/mol. The summed E-state index contributed by atoms with van der Waals surface area (Å²) in [5.41, 5.74) is 4.95. The summed E-state index contributed by atoms with van der Waals surface area (Å²) in [5, 5.41) is 3.33. The van der Waals surface area contributed by atoms with Crippen molar-refractivity contribution >= 4 is 27.0 Å². The van der Waals surface area contributed by atoms with Gasteiger partial charge in [0.05, 0.1) is 17.1 Å². The molecule has 5 heteroatoms. The summed E-state index contributed by atoms with van der Waals surface area (Å²) in [6.07, 6.45) is 0. The number of rotatable bonds is 3. The van der Waals surface area contributed by atoms with Gasteiger partial charge in [0.25, 0.3) is 0 Å². The summed E-state index contributed by atoms with van der Waals surface area (Å²) in [5.74, 6) is 0. The summed E-state index contributed by atoms with van der Waals surface area (Å²) in [7, 11) is 1.93. The molecule has 1 atom stereocenters. The van der Waals surface area contributed by atoms with Gasteiger partial charge in [0, 0.05) is 4.47 Å². The van der Waals surface area contributed by atoms with Crippen molar-refractivity contribution in [1.29, 1.82) is 0 Å². The summed E-state index contributed by atoms with van der Waals surface area (Å²) >= 11 is 3.58. The standard InChI is InChI=1S/C16H16BrN3O/c1-9-3-4-10(7-12(9)17)15(18-2)11-5-6-13-14(8-11)20-16(21)19-13/h3-8,15,18H,1-2H3,(H2,19,20,21). The molecule has 0 spiro atoms. The highest BCUT2D eigenvalue weighted by molar-refractivity contribution is 9.10. The van der Waals surface area contributed by atoms with Gasteiger partial charge in [-0.3, -0.25) is 0 Å². The van der Waals surface area contributed by atoms with E-state index in [0.29, 0.717) is 0 Å². The Bertz CT molecular complexity index is 850. The van der Waals surface area contributed by atoms with Gasteiger partial charge in [0.1, 0.15) is 0 Å². The van der Waals surface area contributed by atoms with E-state index in [2.05, 4.69) is 56.3 Å². The number of aromatic amines is 2. The zero-order valence-electron chi connectivity index (χ0n) is 11.8. The van der Waals surface area contributed by atoms with Crippen LogP contribution in [0.4, 0.5) is 0 Å². The topological polar surface area (TPSA) is 60.7 Å². The van der Waals surface area contributed by atoms with E-state index >= 15 is 0 Å². The number of aryl methyl sites for hydroxylation is 1. The van der Waals surface area contributed by atoms with Crippen LogP contribution in [-0.2, 0) is 0 Å². The molecule has 3 aromatic rings. The van der Waals surface area contributed by atoms with E-state index in [1.54, 1.807) is 0 Å². The molecule has 1 heterocycles. The van der Waals surface area contributed by atoms with Crippen LogP contribution >= 0.6 is 15.9 Å². The van der Waals surface area contributed by atoms with Gasteiger partial charge in [-0.1, -0.05) is 34.1 Å². The van der Waals surface area contributed by atoms with E-state index in [9.17, 15) is 4.79 Å². The van der Waals surface area contributed by atoms with Gasteiger partial charge < -0.3 is 15.3 Å². The Kier molecular flexibility index (Phi) is 3.69. The summed E-state index contributed by atoms with van der Waals surface area (Å²) < 4.78 is 1.09. The molecule has 0 aliphatic rings. The Morgan fingerprint density at radius 1 is 1.05 bits per heavy atom. The summed E-state index contributed by atoms with van der Waals surface area (Å²) in [4.78, 5) is 16.9. The lowest BCUT2D eigenvalue weighted by molar-refractivity contribution is 0.692.